The van der Waals surface area contributed by atoms with E-state index >= 15 is 0 Å². The van der Waals surface area contributed by atoms with E-state index in [1.807, 2.05) is 50.5 Å². The average molecular weight is 372 g/mol. The number of hydrogen-bond acceptors (Lipinski definition) is 3. The molecule has 0 saturated carbocycles. The van der Waals surface area contributed by atoms with Gasteiger partial charge in [0.25, 0.3) is 0 Å². The van der Waals surface area contributed by atoms with Crippen molar-refractivity contribution in [2.75, 3.05) is 27.8 Å². The molecule has 152 valence electrons. The number of nitrogens with two attached hydrogens (primary N) is 1. The lowest BCUT2D eigenvalue weighted by Crippen LogP contribution is -2.15. The fraction of sp³-hybridized carbons (Fsp3) is 0.417. The van der Waals surface area contributed by atoms with Crippen LogP contribution < -0.4 is 16.4 Å². The smallest absolute Gasteiger partial charge is 0.0426 e. The summed E-state index contributed by atoms with van der Waals surface area (Å²) in [5.41, 5.74) is 6.75. The molecule has 0 unspecified atom stereocenters. The van der Waals surface area contributed by atoms with Gasteiger partial charge in [-0.1, -0.05) is 98.4 Å². The highest BCUT2D eigenvalue weighted by Crippen LogP contribution is 2.22. The molecule has 1 aromatic rings. The van der Waals surface area contributed by atoms with E-state index in [1.165, 1.54) is 18.4 Å². The molecule has 0 heterocycles. The minimum absolute atomic E-state index is 0.333. The van der Waals surface area contributed by atoms with Gasteiger partial charge >= 0.3 is 0 Å². The number of benzene rings is 1. The average Bonchev–Trinajstić information content (AvgIpc) is 3.10. The molecule has 2 aliphatic rings. The molecule has 2 aliphatic carbocycles. The van der Waals surface area contributed by atoms with Gasteiger partial charge in [-0.3, -0.25) is 0 Å². The van der Waals surface area contributed by atoms with Gasteiger partial charge in [-0.25, -0.2) is 0 Å². The Morgan fingerprint density at radius 1 is 0.889 bits per heavy atom. The van der Waals surface area contributed by atoms with E-state index in [4.69, 9.17) is 5.73 Å². The van der Waals surface area contributed by atoms with E-state index < -0.39 is 0 Å². The Bertz CT molecular complexity index is 483. The largest absolute Gasteiger partial charge is 0.323 e. The zero-order valence-corrected chi connectivity index (χ0v) is 18.2. The Kier molecular flexibility index (Phi) is 20.6. The Balaban J connectivity index is 0. The third kappa shape index (κ3) is 24.1. The van der Waals surface area contributed by atoms with Crippen molar-refractivity contribution in [2.45, 2.75) is 33.6 Å². The Labute approximate surface area is 168 Å². The second kappa shape index (κ2) is 20.4. The van der Waals surface area contributed by atoms with Gasteiger partial charge in [-0.2, -0.15) is 0 Å². The summed E-state index contributed by atoms with van der Waals surface area (Å²) in [4.78, 5) is 0. The fourth-order valence-corrected chi connectivity index (χ4v) is 1.77. The third-order valence-corrected chi connectivity index (χ3v) is 3.26. The van der Waals surface area contributed by atoms with Gasteiger partial charge < -0.3 is 16.4 Å². The molecule has 0 atom stereocenters. The maximum absolute atomic E-state index is 4.92. The zero-order valence-electron chi connectivity index (χ0n) is 18.2. The van der Waals surface area contributed by atoms with Crippen molar-refractivity contribution in [3.63, 3.8) is 0 Å². The van der Waals surface area contributed by atoms with Crippen molar-refractivity contribution >= 4 is 0 Å². The molecule has 0 bridgehead atoms. The summed E-state index contributed by atoms with van der Waals surface area (Å²) in [7, 11) is 5.56. The first kappa shape index (κ1) is 27.3. The standard InChI is InChI=1S/2C7H10.C6H6.C2H8N2.C2H7N/c1-7(2)5-3-4-6-7;1-7-5-3-2-4-6-7;1-2-4-6-5-3-1;1-4-2-3;1-3-2/h3-6H,1-2H3;2-3,5H,4,6H2,1H3;1-6H;4H,2-3H2,1H3;3H,1-2H3. The van der Waals surface area contributed by atoms with Crippen LogP contribution in [0, 0.1) is 5.41 Å². The van der Waals surface area contributed by atoms with Crippen LogP contribution in [0.1, 0.15) is 33.6 Å². The van der Waals surface area contributed by atoms with Crippen LogP contribution in [0.25, 0.3) is 0 Å². The molecule has 3 rings (SSSR count). The van der Waals surface area contributed by atoms with Gasteiger partial charge in [0.15, 0.2) is 0 Å². The first-order valence-corrected chi connectivity index (χ1v) is 9.56. The van der Waals surface area contributed by atoms with Gasteiger partial charge in [-0.15, -0.1) is 0 Å². The summed E-state index contributed by atoms with van der Waals surface area (Å²) in [6.07, 6.45) is 17.5. The summed E-state index contributed by atoms with van der Waals surface area (Å²) in [5.74, 6) is 0. The first-order chi connectivity index (χ1) is 12.9. The van der Waals surface area contributed by atoms with Crippen molar-refractivity contribution in [3.8, 4) is 0 Å². The predicted octanol–water partition coefficient (Wildman–Crippen LogP) is 5.07. The number of rotatable bonds is 1. The van der Waals surface area contributed by atoms with Crippen molar-refractivity contribution in [2.24, 2.45) is 11.1 Å². The van der Waals surface area contributed by atoms with E-state index in [0.29, 0.717) is 12.1 Å². The van der Waals surface area contributed by atoms with Crippen LogP contribution in [-0.4, -0.2) is 27.8 Å². The minimum atomic E-state index is 0.333. The molecule has 0 saturated heterocycles. The molecule has 1 aromatic carbocycles. The summed E-state index contributed by atoms with van der Waals surface area (Å²) in [5, 5.41) is 5.46. The maximum Gasteiger partial charge on any atom is 0.0426 e. The normalized spacial score (nSPS) is 14.7. The molecular formula is C24H41N3. The molecule has 0 spiro atoms. The lowest BCUT2D eigenvalue weighted by molar-refractivity contribution is 0.636. The summed E-state index contributed by atoms with van der Waals surface area (Å²) < 4.78 is 0. The van der Waals surface area contributed by atoms with E-state index in [1.54, 1.807) is 7.05 Å². The number of nitrogens with one attached hydrogen (secondary N) is 2. The van der Waals surface area contributed by atoms with E-state index in [-0.39, 0.29) is 0 Å². The van der Waals surface area contributed by atoms with Crippen molar-refractivity contribution in [1.82, 2.24) is 10.6 Å². The van der Waals surface area contributed by atoms with Gasteiger partial charge in [-0.05, 0) is 40.9 Å². The highest BCUT2D eigenvalue weighted by Gasteiger charge is 2.09. The van der Waals surface area contributed by atoms with Crippen LogP contribution in [0.5, 0.6) is 0 Å². The van der Waals surface area contributed by atoms with E-state index in [0.717, 1.165) is 0 Å². The lowest BCUT2D eigenvalue weighted by atomic mass is 9.97. The van der Waals surface area contributed by atoms with Crippen LogP contribution in [0.2, 0.25) is 0 Å². The molecule has 0 fully saturated rings. The maximum atomic E-state index is 4.92. The van der Waals surface area contributed by atoms with Crippen LogP contribution >= 0.6 is 0 Å². The Hall–Kier alpha value is -1.94. The van der Waals surface area contributed by atoms with Crippen molar-refractivity contribution in [1.29, 1.82) is 0 Å². The Morgan fingerprint density at radius 3 is 1.44 bits per heavy atom. The van der Waals surface area contributed by atoms with Crippen molar-refractivity contribution < 1.29 is 0 Å². The van der Waals surface area contributed by atoms with Crippen LogP contribution in [0.15, 0.2) is 84.5 Å². The lowest BCUT2D eigenvalue weighted by Gasteiger charge is -2.08. The second-order valence-corrected chi connectivity index (χ2v) is 6.73. The predicted molar refractivity (Wildman–Crippen MR) is 124 cm³/mol. The molecule has 0 radical (unpaired) electrons. The summed E-state index contributed by atoms with van der Waals surface area (Å²) >= 11 is 0. The van der Waals surface area contributed by atoms with Gasteiger partial charge in [0.1, 0.15) is 0 Å². The Morgan fingerprint density at radius 2 is 1.30 bits per heavy atom. The molecule has 3 nitrogen and oxygen atoms in total. The SMILES string of the molecule is CC1(C)C=CC=C1.CC1=CC=CCC1.CNC.CNCN.c1ccccc1. The number of hydrogen-bond donors (Lipinski definition) is 3. The molecule has 0 aliphatic heterocycles. The van der Waals surface area contributed by atoms with Crippen molar-refractivity contribution in [3.05, 3.63) is 84.5 Å². The summed E-state index contributed by atoms with van der Waals surface area (Å²) in [6, 6.07) is 12.0. The molecule has 27 heavy (non-hydrogen) atoms. The van der Waals surface area contributed by atoms with Gasteiger partial charge in [0.2, 0.25) is 0 Å². The van der Waals surface area contributed by atoms with Crippen LogP contribution in [0.4, 0.5) is 0 Å². The summed E-state index contributed by atoms with van der Waals surface area (Å²) in [6.45, 7) is 7.11. The quantitative estimate of drug-likeness (QED) is 0.604. The first-order valence-electron chi connectivity index (χ1n) is 9.56. The second-order valence-electron chi connectivity index (χ2n) is 6.73. The molecule has 0 aromatic heterocycles. The number of allylic oxidation sites excluding steroid dienone is 8. The third-order valence-electron chi connectivity index (χ3n) is 3.26. The molecular weight excluding hydrogens is 330 g/mol. The monoisotopic (exact) mass is 371 g/mol. The van der Waals surface area contributed by atoms with Crippen LogP contribution in [-0.2, 0) is 0 Å². The minimum Gasteiger partial charge on any atom is -0.323 e. The molecule has 4 N–H and O–H groups in total. The highest BCUT2D eigenvalue weighted by atomic mass is 14.9. The van der Waals surface area contributed by atoms with Gasteiger partial charge in [0, 0.05) is 12.1 Å². The molecule has 3 heteroatoms. The highest BCUT2D eigenvalue weighted by molar-refractivity contribution is 5.21. The van der Waals surface area contributed by atoms with Crippen LogP contribution in [0.3, 0.4) is 0 Å². The zero-order chi connectivity index (χ0) is 20.8. The topological polar surface area (TPSA) is 50.1 Å². The fourth-order valence-electron chi connectivity index (χ4n) is 1.77. The van der Waals surface area contributed by atoms with E-state index in [9.17, 15) is 0 Å². The molecule has 0 amide bonds. The van der Waals surface area contributed by atoms with Gasteiger partial charge in [0.05, 0.1) is 0 Å². The van der Waals surface area contributed by atoms with E-state index in [2.05, 4.69) is 73.9 Å².